The molecule has 0 atom stereocenters. The van der Waals surface area contributed by atoms with Crippen LogP contribution in [-0.2, 0) is 13.6 Å². The van der Waals surface area contributed by atoms with Gasteiger partial charge in [0, 0.05) is 19.2 Å². The molecule has 0 bridgehead atoms. The van der Waals surface area contributed by atoms with E-state index in [1.807, 2.05) is 0 Å². The van der Waals surface area contributed by atoms with Crippen LogP contribution in [-0.4, -0.2) is 19.7 Å². The van der Waals surface area contributed by atoms with E-state index in [0.29, 0.717) is 29.3 Å². The number of aryl methyl sites for hydroxylation is 1. The second-order valence-electron chi connectivity index (χ2n) is 4.28. The van der Waals surface area contributed by atoms with Gasteiger partial charge in [-0.25, -0.2) is 9.37 Å². The number of aromatic amines is 1. The summed E-state index contributed by atoms with van der Waals surface area (Å²) in [4.78, 5) is 7.31. The van der Waals surface area contributed by atoms with E-state index in [1.165, 1.54) is 12.1 Å². The number of nitrogens with two attached hydrogens (primary N) is 1. The summed E-state index contributed by atoms with van der Waals surface area (Å²) in [7, 11) is 1.78. The Morgan fingerprint density at radius 3 is 3.05 bits per heavy atom. The normalized spacial score (nSPS) is 11.1. The van der Waals surface area contributed by atoms with Crippen LogP contribution in [0.25, 0.3) is 11.0 Å². The first-order valence-electron chi connectivity index (χ1n) is 5.79. The van der Waals surface area contributed by atoms with Crippen molar-refractivity contribution in [1.82, 2.24) is 19.7 Å². The molecule has 3 rings (SSSR count). The highest BCUT2D eigenvalue weighted by molar-refractivity contribution is 5.77. The molecule has 2 aromatic heterocycles. The molecule has 6 nitrogen and oxygen atoms in total. The largest absolute Gasteiger partial charge is 0.384 e. The van der Waals surface area contributed by atoms with Crippen molar-refractivity contribution in [1.29, 1.82) is 0 Å². The van der Waals surface area contributed by atoms with Crippen LogP contribution in [0.1, 0.15) is 5.56 Å². The number of benzene rings is 1. The summed E-state index contributed by atoms with van der Waals surface area (Å²) in [5, 5.41) is 7.16. The summed E-state index contributed by atoms with van der Waals surface area (Å²) < 4.78 is 14.7. The lowest BCUT2D eigenvalue weighted by molar-refractivity contribution is 0.629. The van der Waals surface area contributed by atoms with Crippen molar-refractivity contribution >= 4 is 22.8 Å². The van der Waals surface area contributed by atoms with Crippen molar-refractivity contribution in [3.63, 3.8) is 0 Å². The first-order chi connectivity index (χ1) is 9.13. The molecule has 2 heterocycles. The molecule has 0 amide bonds. The summed E-state index contributed by atoms with van der Waals surface area (Å²) >= 11 is 0. The van der Waals surface area contributed by atoms with Crippen LogP contribution in [0.2, 0.25) is 0 Å². The fraction of sp³-hybridized carbons (Fsp3) is 0.167. The lowest BCUT2D eigenvalue weighted by atomic mass is 10.3. The smallest absolute Gasteiger partial charge is 0.201 e. The van der Waals surface area contributed by atoms with Gasteiger partial charge in [-0.05, 0) is 18.2 Å². The molecule has 0 fully saturated rings. The van der Waals surface area contributed by atoms with Crippen LogP contribution < -0.4 is 11.1 Å². The van der Waals surface area contributed by atoms with Crippen molar-refractivity contribution in [2.45, 2.75) is 6.54 Å². The summed E-state index contributed by atoms with van der Waals surface area (Å²) in [6, 6.07) is 4.42. The summed E-state index contributed by atoms with van der Waals surface area (Å²) in [6.45, 7) is 0.502. The molecule has 98 valence electrons. The highest BCUT2D eigenvalue weighted by Gasteiger charge is 2.07. The lowest BCUT2D eigenvalue weighted by Crippen LogP contribution is -2.04. The molecular weight excluding hydrogens is 247 g/mol. The van der Waals surface area contributed by atoms with Gasteiger partial charge >= 0.3 is 0 Å². The van der Waals surface area contributed by atoms with E-state index < -0.39 is 0 Å². The molecular formula is C12H13FN6. The minimum absolute atomic E-state index is 0.292. The maximum atomic E-state index is 13.1. The van der Waals surface area contributed by atoms with Crippen LogP contribution in [0.15, 0.2) is 24.4 Å². The Hall–Kier alpha value is -2.57. The Labute approximate surface area is 108 Å². The van der Waals surface area contributed by atoms with Crippen molar-refractivity contribution in [2.75, 3.05) is 11.1 Å². The number of anilines is 2. The average Bonchev–Trinajstić information content (AvgIpc) is 2.92. The van der Waals surface area contributed by atoms with Gasteiger partial charge in [0.05, 0.1) is 17.2 Å². The number of imidazole rings is 1. The third-order valence-electron chi connectivity index (χ3n) is 2.95. The zero-order valence-corrected chi connectivity index (χ0v) is 10.3. The fourth-order valence-corrected chi connectivity index (χ4v) is 1.87. The number of nitrogen functional groups attached to an aromatic ring is 1. The Morgan fingerprint density at radius 2 is 2.32 bits per heavy atom. The monoisotopic (exact) mass is 260 g/mol. The predicted molar refractivity (Wildman–Crippen MR) is 71.0 cm³/mol. The molecule has 0 aliphatic carbocycles. The molecule has 0 unspecified atom stereocenters. The molecule has 7 heteroatoms. The number of halogens is 1. The maximum Gasteiger partial charge on any atom is 0.201 e. The first-order valence-corrected chi connectivity index (χ1v) is 5.79. The Kier molecular flexibility index (Phi) is 2.59. The number of hydrogen-bond acceptors (Lipinski definition) is 4. The molecule has 1 aromatic carbocycles. The van der Waals surface area contributed by atoms with E-state index >= 15 is 0 Å². The predicted octanol–water partition coefficient (Wildman–Crippen LogP) is 1.63. The first kappa shape index (κ1) is 11.5. The van der Waals surface area contributed by atoms with Gasteiger partial charge in [0.25, 0.3) is 0 Å². The maximum absolute atomic E-state index is 13.1. The van der Waals surface area contributed by atoms with Gasteiger partial charge in [0.2, 0.25) is 5.95 Å². The van der Waals surface area contributed by atoms with Crippen LogP contribution >= 0.6 is 0 Å². The van der Waals surface area contributed by atoms with Crippen LogP contribution in [0.3, 0.4) is 0 Å². The quantitative estimate of drug-likeness (QED) is 0.668. The molecule has 0 saturated carbocycles. The van der Waals surface area contributed by atoms with Crippen LogP contribution in [0.4, 0.5) is 16.2 Å². The van der Waals surface area contributed by atoms with Gasteiger partial charge in [-0.1, -0.05) is 0 Å². The Morgan fingerprint density at radius 1 is 1.47 bits per heavy atom. The zero-order valence-electron chi connectivity index (χ0n) is 10.3. The van der Waals surface area contributed by atoms with Crippen molar-refractivity contribution in [3.05, 3.63) is 35.8 Å². The van der Waals surface area contributed by atoms with Gasteiger partial charge in [-0.3, -0.25) is 4.68 Å². The Bertz CT molecular complexity index is 729. The van der Waals surface area contributed by atoms with E-state index in [4.69, 9.17) is 5.73 Å². The Balaban J connectivity index is 1.80. The number of H-pyrrole nitrogens is 1. The van der Waals surface area contributed by atoms with Crippen molar-refractivity contribution in [3.8, 4) is 0 Å². The van der Waals surface area contributed by atoms with Gasteiger partial charge in [-0.2, -0.15) is 5.10 Å². The van der Waals surface area contributed by atoms with Gasteiger partial charge < -0.3 is 16.0 Å². The number of nitrogens with one attached hydrogen (secondary N) is 2. The highest BCUT2D eigenvalue weighted by Crippen LogP contribution is 2.17. The molecule has 3 aromatic rings. The topological polar surface area (TPSA) is 84.5 Å². The molecule has 0 radical (unpaired) electrons. The second kappa shape index (κ2) is 4.27. The zero-order chi connectivity index (χ0) is 13.4. The molecule has 0 aliphatic rings. The lowest BCUT2D eigenvalue weighted by Gasteiger charge is -2.01. The standard InChI is InChI=1S/C12H13FN6/c1-19-11(14)7(6-16-19)5-15-12-17-9-3-2-8(13)4-10(9)18-12/h2-4,6H,5,14H2,1H3,(H2,15,17,18). The molecule has 0 spiro atoms. The SMILES string of the molecule is Cn1ncc(CNc2nc3ccc(F)cc3[nH]2)c1N. The highest BCUT2D eigenvalue weighted by atomic mass is 19.1. The number of hydrogen-bond donors (Lipinski definition) is 3. The number of fused-ring (bicyclic) bond motifs is 1. The van der Waals surface area contributed by atoms with Gasteiger partial charge in [0.1, 0.15) is 11.6 Å². The molecule has 4 N–H and O–H groups in total. The van der Waals surface area contributed by atoms with E-state index in [2.05, 4.69) is 20.4 Å². The summed E-state index contributed by atoms with van der Waals surface area (Å²) in [5.41, 5.74) is 8.09. The molecule has 0 saturated heterocycles. The van der Waals surface area contributed by atoms with Crippen LogP contribution in [0, 0.1) is 5.82 Å². The molecule has 19 heavy (non-hydrogen) atoms. The number of rotatable bonds is 3. The van der Waals surface area contributed by atoms with Gasteiger partial charge in [0.15, 0.2) is 0 Å². The number of nitrogens with zero attached hydrogens (tertiary/aromatic N) is 3. The van der Waals surface area contributed by atoms with E-state index in [1.54, 1.807) is 24.0 Å². The summed E-state index contributed by atoms with van der Waals surface area (Å²) in [5.74, 6) is 0.887. The average molecular weight is 260 g/mol. The van der Waals surface area contributed by atoms with E-state index in [-0.39, 0.29) is 5.82 Å². The second-order valence-corrected chi connectivity index (χ2v) is 4.28. The minimum Gasteiger partial charge on any atom is -0.384 e. The number of aromatic nitrogens is 4. The third-order valence-corrected chi connectivity index (χ3v) is 2.95. The summed E-state index contributed by atoms with van der Waals surface area (Å²) in [6.07, 6.45) is 1.70. The van der Waals surface area contributed by atoms with Crippen LogP contribution in [0.5, 0.6) is 0 Å². The van der Waals surface area contributed by atoms with Crippen molar-refractivity contribution in [2.24, 2.45) is 7.05 Å². The third kappa shape index (κ3) is 2.10. The van der Waals surface area contributed by atoms with E-state index in [0.717, 1.165) is 5.56 Å². The van der Waals surface area contributed by atoms with Crippen molar-refractivity contribution < 1.29 is 4.39 Å². The van der Waals surface area contributed by atoms with Gasteiger partial charge in [-0.15, -0.1) is 0 Å². The molecule has 0 aliphatic heterocycles. The van der Waals surface area contributed by atoms with E-state index in [9.17, 15) is 4.39 Å². The minimum atomic E-state index is -0.292. The fourth-order valence-electron chi connectivity index (χ4n) is 1.87.